The van der Waals surface area contributed by atoms with E-state index in [0.29, 0.717) is 11.9 Å². The highest BCUT2D eigenvalue weighted by atomic mass is 35.5. The van der Waals surface area contributed by atoms with E-state index in [0.717, 1.165) is 42.1 Å². The summed E-state index contributed by atoms with van der Waals surface area (Å²) in [5.41, 5.74) is 3.47. The first-order chi connectivity index (χ1) is 9.69. The third-order valence-electron chi connectivity index (χ3n) is 3.96. The number of rotatable bonds is 3. The summed E-state index contributed by atoms with van der Waals surface area (Å²) >= 11 is 5.93. The number of aromatic nitrogens is 2. The van der Waals surface area contributed by atoms with Crippen molar-refractivity contribution in [1.82, 2.24) is 9.55 Å². The second-order valence-electron chi connectivity index (χ2n) is 5.41. The van der Waals surface area contributed by atoms with Crippen LogP contribution in [-0.2, 0) is 17.2 Å². The fourth-order valence-corrected chi connectivity index (χ4v) is 4.41. The Balaban J connectivity index is 2.06. The maximum absolute atomic E-state index is 11.6. The second-order valence-corrected chi connectivity index (χ2v) is 7.48. The minimum atomic E-state index is -0.630. The van der Waals surface area contributed by atoms with E-state index in [-0.39, 0.29) is 0 Å². The van der Waals surface area contributed by atoms with Crippen LogP contribution in [0.1, 0.15) is 30.3 Å². The first kappa shape index (κ1) is 14.1. The lowest BCUT2D eigenvalue weighted by Gasteiger charge is -2.25. The molecule has 0 aliphatic carbocycles. The lowest BCUT2D eigenvalue weighted by Crippen LogP contribution is -2.23. The van der Waals surface area contributed by atoms with Crippen LogP contribution in [-0.4, -0.2) is 31.1 Å². The van der Waals surface area contributed by atoms with E-state index in [1.165, 1.54) is 11.1 Å². The highest BCUT2D eigenvalue weighted by Gasteiger charge is 2.23. The van der Waals surface area contributed by atoms with Crippen molar-refractivity contribution in [2.45, 2.75) is 32.2 Å². The molecule has 1 fully saturated rings. The maximum atomic E-state index is 11.6. The van der Waals surface area contributed by atoms with Crippen molar-refractivity contribution in [2.75, 3.05) is 17.4 Å². The molecule has 0 amide bonds. The Morgan fingerprint density at radius 3 is 2.85 bits per heavy atom. The fraction of sp³-hybridized carbons (Fsp3) is 0.533. The zero-order valence-corrected chi connectivity index (χ0v) is 13.2. The van der Waals surface area contributed by atoms with Crippen molar-refractivity contribution in [3.8, 4) is 0 Å². The quantitative estimate of drug-likeness (QED) is 0.816. The summed E-state index contributed by atoms with van der Waals surface area (Å²) in [6.07, 6.45) is 2.73. The standard InChI is InChI=1S/C15H19ClN2OS/c1-11-2-3-14-13(10-11)17-15(4-7-16)18(14)12-5-8-20(19)9-6-12/h2-3,10,12H,4-9H2,1H3. The topological polar surface area (TPSA) is 34.9 Å². The van der Waals surface area contributed by atoms with Gasteiger partial charge in [0.2, 0.25) is 0 Å². The van der Waals surface area contributed by atoms with Crippen LogP contribution in [0.5, 0.6) is 0 Å². The minimum Gasteiger partial charge on any atom is -0.325 e. The molecule has 1 aromatic heterocycles. The number of hydrogen-bond donors (Lipinski definition) is 0. The van der Waals surface area contributed by atoms with Gasteiger partial charge in [0.25, 0.3) is 0 Å². The maximum Gasteiger partial charge on any atom is 0.111 e. The molecule has 0 atom stereocenters. The van der Waals surface area contributed by atoms with Crippen LogP contribution < -0.4 is 0 Å². The zero-order chi connectivity index (χ0) is 14.1. The molecular weight excluding hydrogens is 292 g/mol. The van der Waals surface area contributed by atoms with E-state index in [9.17, 15) is 4.21 Å². The van der Waals surface area contributed by atoms with Crippen LogP contribution >= 0.6 is 11.6 Å². The lowest BCUT2D eigenvalue weighted by molar-refractivity contribution is 0.459. The summed E-state index contributed by atoms with van der Waals surface area (Å²) in [7, 11) is -0.630. The molecule has 3 nitrogen and oxygen atoms in total. The molecular formula is C15H19ClN2OS. The Bertz CT molecular complexity index is 643. The molecule has 1 saturated heterocycles. The SMILES string of the molecule is Cc1ccc2c(c1)nc(CCCl)n2C1CCS(=O)CC1. The van der Waals surface area contributed by atoms with Gasteiger partial charge in [0.05, 0.1) is 11.0 Å². The molecule has 0 N–H and O–H groups in total. The van der Waals surface area contributed by atoms with E-state index in [2.05, 4.69) is 29.7 Å². The van der Waals surface area contributed by atoms with Crippen LogP contribution in [0.2, 0.25) is 0 Å². The average Bonchev–Trinajstić information content (AvgIpc) is 2.77. The highest BCUT2D eigenvalue weighted by Crippen LogP contribution is 2.29. The van der Waals surface area contributed by atoms with Crippen molar-refractivity contribution in [2.24, 2.45) is 0 Å². The van der Waals surface area contributed by atoms with Crippen molar-refractivity contribution in [1.29, 1.82) is 0 Å². The fourth-order valence-electron chi connectivity index (χ4n) is 2.97. The Labute approximate surface area is 126 Å². The van der Waals surface area contributed by atoms with Gasteiger partial charge in [-0.1, -0.05) is 6.07 Å². The first-order valence-corrected chi connectivity index (χ1v) is 9.09. The first-order valence-electron chi connectivity index (χ1n) is 7.07. The Kier molecular flexibility index (Phi) is 4.13. The molecule has 0 spiro atoms. The summed E-state index contributed by atoms with van der Waals surface area (Å²) < 4.78 is 13.9. The van der Waals surface area contributed by atoms with E-state index in [1.54, 1.807) is 0 Å². The van der Waals surface area contributed by atoms with Gasteiger partial charge in [-0.05, 0) is 37.5 Å². The van der Waals surface area contributed by atoms with Crippen molar-refractivity contribution in [3.63, 3.8) is 0 Å². The van der Waals surface area contributed by atoms with Crippen molar-refractivity contribution < 1.29 is 4.21 Å². The van der Waals surface area contributed by atoms with Crippen LogP contribution in [0.25, 0.3) is 11.0 Å². The van der Waals surface area contributed by atoms with Gasteiger partial charge in [-0.3, -0.25) is 4.21 Å². The third kappa shape index (κ3) is 2.63. The number of nitrogens with zero attached hydrogens (tertiary/aromatic N) is 2. The predicted molar refractivity (Wildman–Crippen MR) is 85.0 cm³/mol. The number of fused-ring (bicyclic) bond motifs is 1. The molecule has 2 aromatic rings. The van der Waals surface area contributed by atoms with Gasteiger partial charge in [-0.15, -0.1) is 11.6 Å². The van der Waals surface area contributed by atoms with E-state index < -0.39 is 10.8 Å². The number of alkyl halides is 1. The Hall–Kier alpha value is -0.870. The predicted octanol–water partition coefficient (Wildman–Crippen LogP) is 3.21. The van der Waals surface area contributed by atoms with Gasteiger partial charge in [-0.2, -0.15) is 0 Å². The summed E-state index contributed by atoms with van der Waals surface area (Å²) in [6.45, 7) is 2.09. The van der Waals surface area contributed by atoms with Crippen LogP contribution in [0.3, 0.4) is 0 Å². The molecule has 1 aromatic carbocycles. The smallest absolute Gasteiger partial charge is 0.111 e. The van der Waals surface area contributed by atoms with Gasteiger partial charge in [0.15, 0.2) is 0 Å². The third-order valence-corrected chi connectivity index (χ3v) is 5.53. The van der Waals surface area contributed by atoms with Gasteiger partial charge >= 0.3 is 0 Å². The average molecular weight is 311 g/mol. The summed E-state index contributed by atoms with van der Waals surface area (Å²) in [5.74, 6) is 3.26. The van der Waals surface area contributed by atoms with E-state index >= 15 is 0 Å². The Morgan fingerprint density at radius 1 is 1.40 bits per heavy atom. The molecule has 3 rings (SSSR count). The molecule has 20 heavy (non-hydrogen) atoms. The lowest BCUT2D eigenvalue weighted by atomic mass is 10.1. The normalized spacial score (nSPS) is 23.3. The van der Waals surface area contributed by atoms with Crippen LogP contribution in [0.4, 0.5) is 0 Å². The Morgan fingerprint density at radius 2 is 2.15 bits per heavy atom. The minimum absolute atomic E-state index is 0.415. The van der Waals surface area contributed by atoms with Crippen molar-refractivity contribution in [3.05, 3.63) is 29.6 Å². The molecule has 5 heteroatoms. The van der Waals surface area contributed by atoms with Crippen LogP contribution in [0, 0.1) is 6.92 Å². The van der Waals surface area contributed by atoms with Gasteiger partial charge in [0, 0.05) is 40.6 Å². The number of imidazole rings is 1. The molecule has 0 unspecified atom stereocenters. The molecule has 108 valence electrons. The van der Waals surface area contributed by atoms with Crippen LogP contribution in [0.15, 0.2) is 18.2 Å². The molecule has 0 bridgehead atoms. The monoisotopic (exact) mass is 310 g/mol. The van der Waals surface area contributed by atoms with Gasteiger partial charge in [0.1, 0.15) is 5.82 Å². The number of halogens is 1. The van der Waals surface area contributed by atoms with E-state index in [1.807, 2.05) is 0 Å². The summed E-state index contributed by atoms with van der Waals surface area (Å²) in [5, 5.41) is 0. The number of aryl methyl sites for hydroxylation is 2. The summed E-state index contributed by atoms with van der Waals surface area (Å²) in [4.78, 5) is 4.76. The van der Waals surface area contributed by atoms with Crippen molar-refractivity contribution >= 4 is 33.4 Å². The second kappa shape index (κ2) is 5.86. The zero-order valence-electron chi connectivity index (χ0n) is 11.6. The number of hydrogen-bond acceptors (Lipinski definition) is 2. The molecule has 0 radical (unpaired) electrons. The summed E-state index contributed by atoms with van der Waals surface area (Å²) in [6, 6.07) is 6.83. The molecule has 0 saturated carbocycles. The number of benzene rings is 1. The molecule has 2 heterocycles. The molecule has 1 aliphatic rings. The largest absolute Gasteiger partial charge is 0.325 e. The van der Waals surface area contributed by atoms with E-state index in [4.69, 9.17) is 16.6 Å². The van der Waals surface area contributed by atoms with Gasteiger partial charge in [-0.25, -0.2) is 4.98 Å². The highest BCUT2D eigenvalue weighted by molar-refractivity contribution is 7.85. The van der Waals surface area contributed by atoms with Gasteiger partial charge < -0.3 is 4.57 Å². The molecule has 1 aliphatic heterocycles.